The Hall–Kier alpha value is -1.99. The fourth-order valence-electron chi connectivity index (χ4n) is 2.59. The van der Waals surface area contributed by atoms with E-state index in [1.165, 1.54) is 0 Å². The minimum atomic E-state index is -0.415. The smallest absolute Gasteiger partial charge is 0.250 e. The van der Waals surface area contributed by atoms with Crippen molar-refractivity contribution in [3.63, 3.8) is 0 Å². The van der Waals surface area contributed by atoms with Crippen molar-refractivity contribution in [1.82, 2.24) is 10.6 Å². The zero-order valence-corrected chi connectivity index (χ0v) is 16.9. The molecule has 152 valence electrons. The van der Waals surface area contributed by atoms with Crippen LogP contribution in [-0.2, 0) is 16.1 Å². The number of amides is 1. The Morgan fingerprint density at radius 2 is 1.68 bits per heavy atom. The maximum atomic E-state index is 12.0. The summed E-state index contributed by atoms with van der Waals surface area (Å²) < 4.78 is 16.7. The van der Waals surface area contributed by atoms with E-state index in [9.17, 15) is 4.79 Å². The predicted molar refractivity (Wildman–Crippen MR) is 111 cm³/mol. The number of hydrogen-bond acceptors (Lipinski definition) is 5. The second kappa shape index (κ2) is 11.8. The van der Waals surface area contributed by atoms with Crippen molar-refractivity contribution < 1.29 is 19.0 Å². The number of hydrogen-bond donors (Lipinski definition) is 2. The summed E-state index contributed by atoms with van der Waals surface area (Å²) in [7, 11) is 0. The quantitative estimate of drug-likeness (QED) is 0.635. The van der Waals surface area contributed by atoms with E-state index < -0.39 is 6.10 Å². The number of rotatable bonds is 8. The van der Waals surface area contributed by atoms with Gasteiger partial charge < -0.3 is 24.8 Å². The number of benzene rings is 2. The lowest BCUT2D eigenvalue weighted by atomic mass is 10.2. The maximum absolute atomic E-state index is 12.0. The van der Waals surface area contributed by atoms with Gasteiger partial charge in [-0.05, 0) is 42.0 Å². The van der Waals surface area contributed by atoms with E-state index in [1.807, 2.05) is 36.4 Å². The highest BCUT2D eigenvalue weighted by atomic mass is 35.5. The van der Waals surface area contributed by atoms with Gasteiger partial charge in [-0.1, -0.05) is 23.7 Å². The first kappa shape index (κ1) is 22.3. The molecule has 2 N–H and O–H groups in total. The number of carbonyl (C=O) groups is 1. The monoisotopic (exact) mass is 426 g/mol. The summed E-state index contributed by atoms with van der Waals surface area (Å²) in [5.74, 6) is 1.41. The molecule has 1 fully saturated rings. The van der Waals surface area contributed by atoms with Crippen LogP contribution in [0.4, 0.5) is 0 Å². The Morgan fingerprint density at radius 3 is 2.25 bits per heavy atom. The molecule has 3 rings (SSSR count). The van der Waals surface area contributed by atoms with Gasteiger partial charge in [-0.2, -0.15) is 0 Å². The lowest BCUT2D eigenvalue weighted by Gasteiger charge is -2.22. The molecule has 1 unspecified atom stereocenters. The zero-order chi connectivity index (χ0) is 18.9. The van der Waals surface area contributed by atoms with Gasteiger partial charge >= 0.3 is 0 Å². The molecule has 1 aliphatic heterocycles. The molecular formula is C20H24Cl2N2O4. The summed E-state index contributed by atoms with van der Waals surface area (Å²) in [6, 6.07) is 14.8. The third-order valence-electron chi connectivity index (χ3n) is 4.04. The van der Waals surface area contributed by atoms with Crippen molar-refractivity contribution >= 4 is 29.9 Å². The molecule has 0 saturated carbocycles. The largest absolute Gasteiger partial charge is 0.490 e. The molecule has 2 aromatic rings. The second-order valence-corrected chi connectivity index (χ2v) is 6.51. The van der Waals surface area contributed by atoms with Gasteiger partial charge in [0, 0.05) is 24.7 Å². The van der Waals surface area contributed by atoms with Crippen LogP contribution in [0.3, 0.4) is 0 Å². The summed E-state index contributed by atoms with van der Waals surface area (Å²) in [4.78, 5) is 12.0. The molecule has 0 aromatic heterocycles. The molecule has 1 atom stereocenters. The van der Waals surface area contributed by atoms with Crippen LogP contribution < -0.4 is 20.1 Å². The van der Waals surface area contributed by atoms with Gasteiger partial charge in [-0.15, -0.1) is 12.4 Å². The van der Waals surface area contributed by atoms with E-state index >= 15 is 0 Å². The number of halogens is 2. The Kier molecular flexibility index (Phi) is 9.37. The molecular weight excluding hydrogens is 403 g/mol. The van der Waals surface area contributed by atoms with Crippen LogP contribution in [0.2, 0.25) is 5.02 Å². The van der Waals surface area contributed by atoms with Crippen molar-refractivity contribution in [3.05, 3.63) is 59.1 Å². The van der Waals surface area contributed by atoms with Gasteiger partial charge in [-0.3, -0.25) is 4.79 Å². The number of ether oxygens (including phenoxy) is 3. The summed E-state index contributed by atoms with van der Waals surface area (Å²) in [6.07, 6.45) is -0.415. The lowest BCUT2D eigenvalue weighted by molar-refractivity contribution is -0.134. The fourth-order valence-corrected chi connectivity index (χ4v) is 2.72. The molecule has 1 saturated heterocycles. The van der Waals surface area contributed by atoms with Crippen molar-refractivity contribution in [1.29, 1.82) is 0 Å². The topological polar surface area (TPSA) is 68.8 Å². The van der Waals surface area contributed by atoms with Crippen LogP contribution in [0.25, 0.3) is 0 Å². The average Bonchev–Trinajstić information content (AvgIpc) is 2.72. The Balaban J connectivity index is 0.00000280. The van der Waals surface area contributed by atoms with Crippen molar-refractivity contribution in [2.24, 2.45) is 0 Å². The Labute approximate surface area is 175 Å². The van der Waals surface area contributed by atoms with E-state index in [-0.39, 0.29) is 18.3 Å². The van der Waals surface area contributed by atoms with Crippen LogP contribution in [-0.4, -0.2) is 44.9 Å². The molecule has 0 aliphatic carbocycles. The first-order valence-corrected chi connectivity index (χ1v) is 9.28. The summed E-state index contributed by atoms with van der Waals surface area (Å²) >= 11 is 5.83. The van der Waals surface area contributed by atoms with Gasteiger partial charge in [0.15, 0.2) is 0 Å². The van der Waals surface area contributed by atoms with E-state index in [2.05, 4.69) is 10.6 Å². The van der Waals surface area contributed by atoms with Gasteiger partial charge in [-0.25, -0.2) is 0 Å². The van der Waals surface area contributed by atoms with Crippen molar-refractivity contribution in [3.8, 4) is 11.5 Å². The van der Waals surface area contributed by atoms with Gasteiger partial charge in [0.1, 0.15) is 30.8 Å². The summed E-state index contributed by atoms with van der Waals surface area (Å²) in [5, 5.41) is 6.71. The molecule has 0 radical (unpaired) electrons. The third-order valence-corrected chi connectivity index (χ3v) is 4.30. The average molecular weight is 427 g/mol. The SMILES string of the molecule is Cl.O=C(NCc1ccc(OCCOc2ccc(Cl)cc2)cc1)C1CNCCO1. The highest BCUT2D eigenvalue weighted by molar-refractivity contribution is 6.30. The lowest BCUT2D eigenvalue weighted by Crippen LogP contribution is -2.47. The van der Waals surface area contributed by atoms with E-state index in [0.717, 1.165) is 23.6 Å². The minimum absolute atomic E-state index is 0. The zero-order valence-electron chi connectivity index (χ0n) is 15.4. The molecule has 0 bridgehead atoms. The fraction of sp³-hybridized carbons (Fsp3) is 0.350. The minimum Gasteiger partial charge on any atom is -0.490 e. The second-order valence-electron chi connectivity index (χ2n) is 6.08. The summed E-state index contributed by atoms with van der Waals surface area (Å²) in [6.45, 7) is 3.23. The molecule has 28 heavy (non-hydrogen) atoms. The van der Waals surface area contributed by atoms with Crippen molar-refractivity contribution in [2.75, 3.05) is 32.9 Å². The molecule has 1 amide bonds. The highest BCUT2D eigenvalue weighted by Crippen LogP contribution is 2.16. The molecule has 1 aliphatic rings. The van der Waals surface area contributed by atoms with E-state index in [1.54, 1.807) is 12.1 Å². The Bertz CT molecular complexity index is 720. The molecule has 0 spiro atoms. The number of morpholine rings is 1. The van der Waals surface area contributed by atoms with Gasteiger partial charge in [0.05, 0.1) is 6.61 Å². The first-order chi connectivity index (χ1) is 13.2. The van der Waals surface area contributed by atoms with Crippen molar-refractivity contribution in [2.45, 2.75) is 12.6 Å². The van der Waals surface area contributed by atoms with Crippen LogP contribution in [0.1, 0.15) is 5.56 Å². The Morgan fingerprint density at radius 1 is 1.07 bits per heavy atom. The molecule has 2 aromatic carbocycles. The summed E-state index contributed by atoms with van der Waals surface area (Å²) in [5.41, 5.74) is 0.997. The predicted octanol–water partition coefficient (Wildman–Crippen LogP) is 2.82. The molecule has 8 heteroatoms. The third kappa shape index (κ3) is 7.20. The van der Waals surface area contributed by atoms with E-state index in [0.29, 0.717) is 37.9 Å². The number of nitrogens with one attached hydrogen (secondary N) is 2. The van der Waals surface area contributed by atoms with Crippen LogP contribution in [0, 0.1) is 0 Å². The number of carbonyl (C=O) groups excluding carboxylic acids is 1. The highest BCUT2D eigenvalue weighted by Gasteiger charge is 2.21. The normalized spacial score (nSPS) is 16.0. The van der Waals surface area contributed by atoms with Crippen LogP contribution >= 0.6 is 24.0 Å². The van der Waals surface area contributed by atoms with Gasteiger partial charge in [0.2, 0.25) is 0 Å². The van der Waals surface area contributed by atoms with E-state index in [4.69, 9.17) is 25.8 Å². The molecule has 1 heterocycles. The molecule has 6 nitrogen and oxygen atoms in total. The van der Waals surface area contributed by atoms with Crippen LogP contribution in [0.5, 0.6) is 11.5 Å². The maximum Gasteiger partial charge on any atom is 0.250 e. The van der Waals surface area contributed by atoms with Crippen LogP contribution in [0.15, 0.2) is 48.5 Å². The standard InChI is InChI=1S/C20H23ClN2O4.ClH/c21-16-3-7-18(8-4-16)26-12-11-25-17-5-1-15(2-6-17)13-23-20(24)19-14-22-9-10-27-19;/h1-8,19,22H,9-14H2,(H,23,24);1H. The first-order valence-electron chi connectivity index (χ1n) is 8.91. The van der Waals surface area contributed by atoms with Gasteiger partial charge in [0.25, 0.3) is 5.91 Å².